The smallest absolute Gasteiger partial charge is 0.254 e. The Morgan fingerprint density at radius 1 is 0.960 bits per heavy atom. The van der Waals surface area contributed by atoms with Crippen LogP contribution in [-0.2, 0) is 4.79 Å². The molecular weight excluding hydrogens is 316 g/mol. The van der Waals surface area contributed by atoms with E-state index in [0.717, 1.165) is 12.8 Å². The van der Waals surface area contributed by atoms with Crippen molar-refractivity contribution in [3.05, 3.63) is 71.3 Å². The predicted molar refractivity (Wildman–Crippen MR) is 94.4 cm³/mol. The second-order valence-corrected chi connectivity index (χ2v) is 6.24. The third-order valence-corrected chi connectivity index (χ3v) is 4.11. The van der Waals surface area contributed by atoms with Gasteiger partial charge in [-0.3, -0.25) is 14.4 Å². The van der Waals surface area contributed by atoms with Crippen LogP contribution in [0.15, 0.2) is 54.6 Å². The Kier molecular flexibility index (Phi) is 4.93. The van der Waals surface area contributed by atoms with Crippen LogP contribution in [0.5, 0.6) is 0 Å². The SMILES string of the molecule is CN(CC(=O)NC1CC1)C(=O)c1ccccc1C(=O)c1ccccc1. The lowest BCUT2D eigenvalue weighted by Crippen LogP contribution is -2.39. The van der Waals surface area contributed by atoms with Gasteiger partial charge < -0.3 is 10.2 Å². The topological polar surface area (TPSA) is 66.5 Å². The van der Waals surface area contributed by atoms with Crippen LogP contribution in [-0.4, -0.2) is 42.1 Å². The van der Waals surface area contributed by atoms with E-state index in [-0.39, 0.29) is 30.2 Å². The van der Waals surface area contributed by atoms with Crippen LogP contribution >= 0.6 is 0 Å². The number of nitrogens with one attached hydrogen (secondary N) is 1. The van der Waals surface area contributed by atoms with Crippen molar-refractivity contribution in [1.29, 1.82) is 0 Å². The van der Waals surface area contributed by atoms with Gasteiger partial charge >= 0.3 is 0 Å². The maximum Gasteiger partial charge on any atom is 0.254 e. The number of ketones is 1. The number of hydrogen-bond acceptors (Lipinski definition) is 3. The molecule has 1 saturated carbocycles. The van der Waals surface area contributed by atoms with Gasteiger partial charge in [-0.15, -0.1) is 0 Å². The summed E-state index contributed by atoms with van der Waals surface area (Å²) in [5, 5.41) is 2.85. The minimum absolute atomic E-state index is 0.0246. The fraction of sp³-hybridized carbons (Fsp3) is 0.250. The molecule has 1 N–H and O–H groups in total. The Hall–Kier alpha value is -2.95. The van der Waals surface area contributed by atoms with Crippen LogP contribution in [0.4, 0.5) is 0 Å². The lowest BCUT2D eigenvalue weighted by Gasteiger charge is -2.18. The van der Waals surface area contributed by atoms with Crippen molar-refractivity contribution in [3.63, 3.8) is 0 Å². The molecule has 0 atom stereocenters. The number of benzene rings is 2. The normalized spacial score (nSPS) is 13.2. The minimum atomic E-state index is -0.342. The quantitative estimate of drug-likeness (QED) is 0.823. The van der Waals surface area contributed by atoms with Gasteiger partial charge in [0, 0.05) is 24.2 Å². The maximum absolute atomic E-state index is 12.7. The molecule has 0 spiro atoms. The van der Waals surface area contributed by atoms with Crippen molar-refractivity contribution in [2.45, 2.75) is 18.9 Å². The summed E-state index contributed by atoms with van der Waals surface area (Å²) in [5.41, 5.74) is 1.17. The Morgan fingerprint density at radius 3 is 2.20 bits per heavy atom. The van der Waals surface area contributed by atoms with E-state index in [1.54, 1.807) is 55.6 Å². The zero-order valence-corrected chi connectivity index (χ0v) is 14.1. The number of hydrogen-bond donors (Lipinski definition) is 1. The Labute approximate surface area is 146 Å². The summed E-state index contributed by atoms with van der Waals surface area (Å²) in [7, 11) is 1.57. The third-order valence-electron chi connectivity index (χ3n) is 4.11. The highest BCUT2D eigenvalue weighted by molar-refractivity contribution is 6.15. The number of amides is 2. The molecule has 0 aromatic heterocycles. The van der Waals surface area contributed by atoms with Gasteiger partial charge in [-0.05, 0) is 18.9 Å². The van der Waals surface area contributed by atoms with Crippen LogP contribution in [0.3, 0.4) is 0 Å². The molecule has 3 rings (SSSR count). The van der Waals surface area contributed by atoms with Gasteiger partial charge in [-0.2, -0.15) is 0 Å². The molecule has 2 aromatic carbocycles. The predicted octanol–water partition coefficient (Wildman–Crippen LogP) is 2.27. The van der Waals surface area contributed by atoms with Crippen molar-refractivity contribution in [1.82, 2.24) is 10.2 Å². The summed E-state index contributed by atoms with van der Waals surface area (Å²) in [6.07, 6.45) is 2.00. The van der Waals surface area contributed by atoms with Gasteiger partial charge in [0.15, 0.2) is 5.78 Å². The first kappa shape index (κ1) is 16.9. The molecule has 0 saturated heterocycles. The second-order valence-electron chi connectivity index (χ2n) is 6.24. The molecule has 25 heavy (non-hydrogen) atoms. The molecule has 0 unspecified atom stereocenters. The lowest BCUT2D eigenvalue weighted by molar-refractivity contribution is -0.121. The summed E-state index contributed by atoms with van der Waals surface area (Å²) < 4.78 is 0. The zero-order chi connectivity index (χ0) is 17.8. The fourth-order valence-electron chi connectivity index (χ4n) is 2.61. The van der Waals surface area contributed by atoms with Crippen LogP contribution in [0.25, 0.3) is 0 Å². The van der Waals surface area contributed by atoms with Crippen molar-refractivity contribution in [3.8, 4) is 0 Å². The largest absolute Gasteiger partial charge is 0.352 e. The van der Waals surface area contributed by atoms with Crippen LogP contribution in [0, 0.1) is 0 Å². The molecule has 0 aliphatic heterocycles. The van der Waals surface area contributed by atoms with Crippen molar-refractivity contribution >= 4 is 17.6 Å². The van der Waals surface area contributed by atoms with E-state index >= 15 is 0 Å². The first-order valence-electron chi connectivity index (χ1n) is 8.30. The molecule has 1 aliphatic carbocycles. The number of nitrogens with zero attached hydrogens (tertiary/aromatic N) is 1. The van der Waals surface area contributed by atoms with E-state index in [9.17, 15) is 14.4 Å². The average Bonchev–Trinajstić information content (AvgIpc) is 3.45. The standard InChI is InChI=1S/C20H20N2O3/c1-22(13-18(23)21-15-11-12-15)20(25)17-10-6-5-9-16(17)19(24)14-7-3-2-4-8-14/h2-10,15H,11-13H2,1H3,(H,21,23). The highest BCUT2D eigenvalue weighted by Crippen LogP contribution is 2.19. The molecule has 1 aliphatic rings. The van der Waals surface area contributed by atoms with Crippen molar-refractivity contribution in [2.24, 2.45) is 0 Å². The van der Waals surface area contributed by atoms with E-state index < -0.39 is 0 Å². The first-order chi connectivity index (χ1) is 12.1. The Bertz CT molecular complexity index is 798. The third kappa shape index (κ3) is 4.12. The maximum atomic E-state index is 12.7. The molecule has 5 nitrogen and oxygen atoms in total. The summed E-state index contributed by atoms with van der Waals surface area (Å²) in [6.45, 7) is -0.0246. The van der Waals surface area contributed by atoms with E-state index in [1.807, 2.05) is 6.07 Å². The fourth-order valence-corrected chi connectivity index (χ4v) is 2.61. The van der Waals surface area contributed by atoms with E-state index in [0.29, 0.717) is 16.7 Å². The van der Waals surface area contributed by atoms with Crippen LogP contribution in [0.1, 0.15) is 39.1 Å². The molecule has 0 radical (unpaired) electrons. The van der Waals surface area contributed by atoms with Crippen LogP contribution in [0.2, 0.25) is 0 Å². The monoisotopic (exact) mass is 336 g/mol. The first-order valence-corrected chi connectivity index (χ1v) is 8.30. The average molecular weight is 336 g/mol. The molecular formula is C20H20N2O3. The number of carbonyl (C=O) groups excluding carboxylic acids is 3. The molecule has 0 heterocycles. The summed E-state index contributed by atoms with van der Waals surface area (Å²) in [5.74, 6) is -0.726. The van der Waals surface area contributed by atoms with Crippen molar-refractivity contribution in [2.75, 3.05) is 13.6 Å². The lowest BCUT2D eigenvalue weighted by atomic mass is 9.97. The van der Waals surface area contributed by atoms with Gasteiger partial charge in [0.05, 0.1) is 12.1 Å². The molecule has 2 aromatic rings. The van der Waals surface area contributed by atoms with Crippen LogP contribution < -0.4 is 5.32 Å². The van der Waals surface area contributed by atoms with Crippen molar-refractivity contribution < 1.29 is 14.4 Å². The minimum Gasteiger partial charge on any atom is -0.352 e. The van der Waals surface area contributed by atoms with Gasteiger partial charge in [-0.25, -0.2) is 0 Å². The molecule has 2 amide bonds. The molecule has 128 valence electrons. The Balaban J connectivity index is 1.78. The van der Waals surface area contributed by atoms with Gasteiger partial charge in [0.1, 0.15) is 0 Å². The molecule has 0 bridgehead atoms. The van der Waals surface area contributed by atoms with E-state index in [1.165, 1.54) is 4.90 Å². The Morgan fingerprint density at radius 2 is 1.56 bits per heavy atom. The molecule has 5 heteroatoms. The summed E-state index contributed by atoms with van der Waals surface area (Å²) in [4.78, 5) is 38.7. The van der Waals surface area contributed by atoms with E-state index in [2.05, 4.69) is 5.32 Å². The van der Waals surface area contributed by atoms with Gasteiger partial charge in [-0.1, -0.05) is 48.5 Å². The highest BCUT2D eigenvalue weighted by atomic mass is 16.2. The molecule has 1 fully saturated rings. The van der Waals surface area contributed by atoms with Gasteiger partial charge in [0.25, 0.3) is 5.91 Å². The summed E-state index contributed by atoms with van der Waals surface area (Å²) in [6, 6.07) is 15.8. The number of carbonyl (C=O) groups is 3. The highest BCUT2D eigenvalue weighted by Gasteiger charge is 2.25. The number of rotatable bonds is 6. The van der Waals surface area contributed by atoms with E-state index in [4.69, 9.17) is 0 Å². The van der Waals surface area contributed by atoms with Gasteiger partial charge in [0.2, 0.25) is 5.91 Å². The second kappa shape index (κ2) is 7.30. The summed E-state index contributed by atoms with van der Waals surface area (Å²) >= 11 is 0. The zero-order valence-electron chi connectivity index (χ0n) is 14.1. The number of likely N-dealkylation sites (N-methyl/N-ethyl adjacent to an activating group) is 1.